The normalized spacial score (nSPS) is 14.6. The number of rotatable bonds is 6. The molecule has 0 bridgehead atoms. The van der Waals surface area contributed by atoms with Crippen LogP contribution in [0.3, 0.4) is 0 Å². The van der Waals surface area contributed by atoms with Gasteiger partial charge in [0.15, 0.2) is 11.5 Å². The second-order valence-electron chi connectivity index (χ2n) is 7.82. The molecule has 0 amide bonds. The summed E-state index contributed by atoms with van der Waals surface area (Å²) >= 11 is 0. The van der Waals surface area contributed by atoms with E-state index >= 15 is 0 Å². The van der Waals surface area contributed by atoms with Gasteiger partial charge in [0.1, 0.15) is 17.4 Å². The van der Waals surface area contributed by atoms with Gasteiger partial charge in [-0.15, -0.1) is 0 Å². The van der Waals surface area contributed by atoms with Gasteiger partial charge in [-0.2, -0.15) is 5.26 Å². The number of pyridine rings is 1. The first-order valence-electron chi connectivity index (χ1n) is 10.6. The van der Waals surface area contributed by atoms with Crippen LogP contribution in [0.25, 0.3) is 0 Å². The Bertz CT molecular complexity index is 1340. The van der Waals surface area contributed by atoms with Crippen molar-refractivity contribution in [3.8, 4) is 29.1 Å². The maximum Gasteiger partial charge on any atom is 0.259 e. The van der Waals surface area contributed by atoms with Gasteiger partial charge in [0, 0.05) is 11.8 Å². The molecule has 1 aliphatic rings. The van der Waals surface area contributed by atoms with Crippen LogP contribution in [-0.4, -0.2) is 25.9 Å². The highest BCUT2D eigenvalue weighted by Gasteiger charge is 2.34. The molecule has 174 valence electrons. The fraction of sp³-hybridized carbons (Fsp3) is 0.231. The summed E-state index contributed by atoms with van der Waals surface area (Å²) in [6, 6.07) is 16.8. The molecule has 34 heavy (non-hydrogen) atoms. The Morgan fingerprint density at radius 3 is 2.26 bits per heavy atom. The van der Waals surface area contributed by atoms with Crippen molar-refractivity contribution in [1.82, 2.24) is 4.57 Å². The van der Waals surface area contributed by atoms with E-state index in [0.29, 0.717) is 34.3 Å². The molecule has 1 aromatic heterocycles. The van der Waals surface area contributed by atoms with E-state index < -0.39 is 5.92 Å². The second-order valence-corrected chi connectivity index (χ2v) is 7.82. The van der Waals surface area contributed by atoms with E-state index in [0.717, 1.165) is 11.1 Å². The number of aryl methyl sites for hydroxylation is 1. The summed E-state index contributed by atoms with van der Waals surface area (Å²) in [5.74, 6) is 1.19. The Labute approximate surface area is 197 Å². The monoisotopic (exact) mass is 459 g/mol. The third-order valence-corrected chi connectivity index (χ3v) is 5.89. The highest BCUT2D eigenvalue weighted by molar-refractivity contribution is 5.56. The molecule has 1 aliphatic heterocycles. The molecule has 4 rings (SSSR count). The average Bonchev–Trinajstić information content (AvgIpc) is 2.85. The van der Waals surface area contributed by atoms with Gasteiger partial charge in [0.05, 0.1) is 39.4 Å². The van der Waals surface area contributed by atoms with Crippen LogP contribution >= 0.6 is 0 Å². The standard InChI is InChI=1S/C26H25N3O5/c1-15-10-19-23(22(17-8-6-5-7-9-17)18(13-27)25(28)34-19)26(30)29(15)14-16-11-20(31-2)24(33-4)21(12-16)32-3/h5-12,22H,14,28H2,1-4H3. The van der Waals surface area contributed by atoms with Crippen LogP contribution in [-0.2, 0) is 6.54 Å². The summed E-state index contributed by atoms with van der Waals surface area (Å²) in [4.78, 5) is 13.8. The van der Waals surface area contributed by atoms with Crippen molar-refractivity contribution in [3.63, 3.8) is 0 Å². The van der Waals surface area contributed by atoms with Crippen LogP contribution < -0.4 is 30.2 Å². The largest absolute Gasteiger partial charge is 0.493 e. The molecule has 0 aliphatic carbocycles. The minimum atomic E-state index is -0.630. The Kier molecular flexibility index (Phi) is 6.19. The average molecular weight is 460 g/mol. The Morgan fingerprint density at radius 2 is 1.71 bits per heavy atom. The van der Waals surface area contributed by atoms with Crippen molar-refractivity contribution in [2.45, 2.75) is 19.4 Å². The van der Waals surface area contributed by atoms with Crippen molar-refractivity contribution in [3.05, 3.63) is 92.7 Å². The van der Waals surface area contributed by atoms with Crippen LogP contribution in [0.4, 0.5) is 0 Å². The zero-order chi connectivity index (χ0) is 24.4. The number of benzene rings is 2. The van der Waals surface area contributed by atoms with E-state index in [1.54, 1.807) is 37.0 Å². The number of nitrogens with zero attached hydrogens (tertiary/aromatic N) is 2. The number of nitriles is 1. The maximum absolute atomic E-state index is 13.8. The van der Waals surface area contributed by atoms with E-state index in [4.69, 9.17) is 24.7 Å². The summed E-state index contributed by atoms with van der Waals surface area (Å²) in [5, 5.41) is 9.82. The molecule has 0 fully saturated rings. The first kappa shape index (κ1) is 22.8. The van der Waals surface area contributed by atoms with Crippen molar-refractivity contribution < 1.29 is 18.9 Å². The molecule has 8 nitrogen and oxygen atoms in total. The van der Waals surface area contributed by atoms with E-state index in [1.807, 2.05) is 37.3 Å². The SMILES string of the molecule is COc1cc(Cn2c(C)cc3c(c2=O)C(c2ccccc2)C(C#N)=C(N)O3)cc(OC)c1OC. The molecule has 0 spiro atoms. The number of allylic oxidation sites excluding steroid dienone is 1. The molecule has 8 heteroatoms. The third kappa shape index (κ3) is 3.82. The van der Waals surface area contributed by atoms with Gasteiger partial charge in [-0.25, -0.2) is 0 Å². The summed E-state index contributed by atoms with van der Waals surface area (Å²) < 4.78 is 23.7. The molecular weight excluding hydrogens is 434 g/mol. The van der Waals surface area contributed by atoms with Crippen LogP contribution in [0.5, 0.6) is 23.0 Å². The lowest BCUT2D eigenvalue weighted by Gasteiger charge is -2.27. The van der Waals surface area contributed by atoms with E-state index in [1.165, 1.54) is 7.11 Å². The number of ether oxygens (including phenoxy) is 4. The van der Waals surface area contributed by atoms with Gasteiger partial charge in [0.25, 0.3) is 5.56 Å². The number of methoxy groups -OCH3 is 3. The molecule has 3 aromatic rings. The lowest BCUT2D eigenvalue weighted by atomic mass is 9.84. The van der Waals surface area contributed by atoms with Crippen LogP contribution in [0.1, 0.15) is 28.3 Å². The molecule has 2 aromatic carbocycles. The summed E-state index contributed by atoms with van der Waals surface area (Å²) in [5.41, 5.74) is 8.63. The molecule has 1 atom stereocenters. The fourth-order valence-electron chi connectivity index (χ4n) is 4.27. The maximum atomic E-state index is 13.8. The molecule has 0 saturated heterocycles. The topological polar surface area (TPSA) is 109 Å². The van der Waals surface area contributed by atoms with Crippen molar-refractivity contribution in [2.24, 2.45) is 5.73 Å². The molecular formula is C26H25N3O5. The minimum absolute atomic E-state index is 0.00466. The van der Waals surface area contributed by atoms with Crippen LogP contribution in [0.2, 0.25) is 0 Å². The van der Waals surface area contributed by atoms with Crippen molar-refractivity contribution >= 4 is 0 Å². The lowest BCUT2D eigenvalue weighted by molar-refractivity contribution is 0.323. The molecule has 0 radical (unpaired) electrons. The van der Waals surface area contributed by atoms with Gasteiger partial charge in [-0.3, -0.25) is 4.79 Å². The number of fused-ring (bicyclic) bond motifs is 1. The van der Waals surface area contributed by atoms with Gasteiger partial charge in [0.2, 0.25) is 11.6 Å². The quantitative estimate of drug-likeness (QED) is 0.601. The zero-order valence-electron chi connectivity index (χ0n) is 19.4. The van der Waals surface area contributed by atoms with Gasteiger partial charge < -0.3 is 29.2 Å². The molecule has 2 heterocycles. The van der Waals surface area contributed by atoms with Crippen molar-refractivity contribution in [1.29, 1.82) is 5.26 Å². The zero-order valence-corrected chi connectivity index (χ0v) is 19.4. The number of hydrogen-bond donors (Lipinski definition) is 1. The van der Waals surface area contributed by atoms with Crippen molar-refractivity contribution in [2.75, 3.05) is 21.3 Å². The van der Waals surface area contributed by atoms with Gasteiger partial charge >= 0.3 is 0 Å². The Hall–Kier alpha value is -4.38. The first-order valence-corrected chi connectivity index (χ1v) is 10.6. The van der Waals surface area contributed by atoms with Gasteiger partial charge in [-0.05, 0) is 30.2 Å². The predicted molar refractivity (Wildman–Crippen MR) is 126 cm³/mol. The summed E-state index contributed by atoms with van der Waals surface area (Å²) in [6.07, 6.45) is 0. The van der Waals surface area contributed by atoms with E-state index in [2.05, 4.69) is 6.07 Å². The predicted octanol–water partition coefficient (Wildman–Crippen LogP) is 3.45. The third-order valence-electron chi connectivity index (χ3n) is 5.89. The van der Waals surface area contributed by atoms with Gasteiger partial charge in [-0.1, -0.05) is 30.3 Å². The molecule has 1 unspecified atom stereocenters. The highest BCUT2D eigenvalue weighted by atomic mass is 16.5. The Balaban J connectivity index is 1.89. The second kappa shape index (κ2) is 9.24. The Morgan fingerprint density at radius 1 is 1.06 bits per heavy atom. The molecule has 0 saturated carbocycles. The smallest absolute Gasteiger partial charge is 0.259 e. The number of aromatic nitrogens is 1. The van der Waals surface area contributed by atoms with Crippen LogP contribution in [0, 0.1) is 18.3 Å². The van der Waals surface area contributed by atoms with Crippen LogP contribution in [0.15, 0.2) is 64.8 Å². The lowest BCUT2D eigenvalue weighted by Crippen LogP contribution is -2.33. The van der Waals surface area contributed by atoms with E-state index in [-0.39, 0.29) is 23.6 Å². The number of hydrogen-bond acceptors (Lipinski definition) is 7. The van der Waals surface area contributed by atoms with E-state index in [9.17, 15) is 10.1 Å². The molecule has 2 N–H and O–H groups in total. The fourth-order valence-corrected chi connectivity index (χ4v) is 4.27. The summed E-state index contributed by atoms with van der Waals surface area (Å²) in [6.45, 7) is 2.07. The number of nitrogens with two attached hydrogens (primary N) is 1. The summed E-state index contributed by atoms with van der Waals surface area (Å²) in [7, 11) is 4.62. The highest BCUT2D eigenvalue weighted by Crippen LogP contribution is 2.41. The minimum Gasteiger partial charge on any atom is -0.493 e. The first-order chi connectivity index (χ1) is 16.4.